The average molecular weight is 249 g/mol. The molecule has 7 nitrogen and oxygen atoms in total. The minimum Gasteiger partial charge on any atom is -0.548 e. The molecule has 0 aromatic heterocycles. The fourth-order valence-corrected chi connectivity index (χ4v) is 1.20. The number of rotatable bonds is 5. The van der Waals surface area contributed by atoms with Crippen molar-refractivity contribution in [3.05, 3.63) is 24.3 Å². The van der Waals surface area contributed by atoms with Gasteiger partial charge in [0.25, 0.3) is 0 Å². The molecule has 0 bridgehead atoms. The van der Waals surface area contributed by atoms with E-state index in [4.69, 9.17) is 0 Å². The Morgan fingerprint density at radius 1 is 1.44 bits per heavy atom. The van der Waals surface area contributed by atoms with Crippen LogP contribution in [0.5, 0.6) is 0 Å². The number of benzene rings is 1. The maximum Gasteiger partial charge on any atom is 0.221 e. The third-order valence-electron chi connectivity index (χ3n) is 1.84. The second-order valence-corrected chi connectivity index (χ2v) is 3.61. The normalized spacial score (nSPS) is 10.3. The van der Waals surface area contributed by atoms with Crippen LogP contribution in [0.25, 0.3) is 0 Å². The van der Waals surface area contributed by atoms with Crippen molar-refractivity contribution in [3.8, 4) is 0 Å². The van der Waals surface area contributed by atoms with Crippen LogP contribution in [0, 0.1) is 0 Å². The summed E-state index contributed by atoms with van der Waals surface area (Å²) < 4.78 is 0. The molecule has 0 atom stereocenters. The van der Waals surface area contributed by atoms with Gasteiger partial charge in [0.05, 0.1) is 18.2 Å². The zero-order valence-corrected chi connectivity index (χ0v) is 10.1. The molecule has 1 aromatic rings. The molecule has 0 aliphatic heterocycles. The first-order valence-electron chi connectivity index (χ1n) is 5.17. The van der Waals surface area contributed by atoms with Crippen LogP contribution in [0.2, 0.25) is 0 Å². The van der Waals surface area contributed by atoms with Gasteiger partial charge in [-0.15, -0.1) is 5.11 Å². The van der Waals surface area contributed by atoms with Crippen molar-refractivity contribution in [3.63, 3.8) is 0 Å². The molecule has 0 unspecified atom stereocenters. The van der Waals surface area contributed by atoms with E-state index in [-0.39, 0.29) is 12.5 Å². The van der Waals surface area contributed by atoms with Crippen molar-refractivity contribution in [2.75, 3.05) is 18.9 Å². The summed E-state index contributed by atoms with van der Waals surface area (Å²) in [5.74, 6) is -1.42. The summed E-state index contributed by atoms with van der Waals surface area (Å²) >= 11 is 0. The monoisotopic (exact) mass is 249 g/mol. The molecule has 0 aliphatic carbocycles. The van der Waals surface area contributed by atoms with Gasteiger partial charge in [0.1, 0.15) is 0 Å². The predicted octanol–water partition coefficient (Wildman–Crippen LogP) is 0.325. The maximum absolute atomic E-state index is 10.9. The topological polar surface area (TPSA) is 97.2 Å². The lowest BCUT2D eigenvalue weighted by Crippen LogP contribution is -2.33. The summed E-state index contributed by atoms with van der Waals surface area (Å²) in [6, 6.07) is 6.73. The Morgan fingerprint density at radius 3 is 2.78 bits per heavy atom. The van der Waals surface area contributed by atoms with E-state index in [0.29, 0.717) is 11.4 Å². The van der Waals surface area contributed by atoms with E-state index < -0.39 is 5.97 Å². The number of aliphatic carboxylic acids is 1. The van der Waals surface area contributed by atoms with Crippen LogP contribution in [-0.2, 0) is 9.59 Å². The number of carboxylic acids is 1. The van der Waals surface area contributed by atoms with E-state index in [1.54, 1.807) is 24.3 Å². The summed E-state index contributed by atoms with van der Waals surface area (Å²) in [6.45, 7) is 1.07. The van der Waals surface area contributed by atoms with Crippen LogP contribution in [0.4, 0.5) is 11.4 Å². The lowest BCUT2D eigenvalue weighted by Gasteiger charge is -2.11. The van der Waals surface area contributed by atoms with E-state index in [0.717, 1.165) is 5.01 Å². The van der Waals surface area contributed by atoms with E-state index in [1.807, 2.05) is 0 Å². The summed E-state index contributed by atoms with van der Waals surface area (Å²) in [5, 5.41) is 21.6. The Bertz CT molecular complexity index is 473. The number of anilines is 1. The van der Waals surface area contributed by atoms with Gasteiger partial charge in [-0.3, -0.25) is 9.80 Å². The first kappa shape index (κ1) is 13.6. The largest absolute Gasteiger partial charge is 0.548 e. The zero-order valence-electron chi connectivity index (χ0n) is 10.1. The Balaban J connectivity index is 2.69. The zero-order chi connectivity index (χ0) is 13.5. The van der Waals surface area contributed by atoms with E-state index in [2.05, 4.69) is 15.7 Å². The minimum absolute atomic E-state index is 0.182. The molecule has 18 heavy (non-hydrogen) atoms. The summed E-state index contributed by atoms with van der Waals surface area (Å²) in [6.07, 6.45) is 0. The highest BCUT2D eigenvalue weighted by Crippen LogP contribution is 2.18. The molecular weight excluding hydrogens is 236 g/mol. The van der Waals surface area contributed by atoms with Crippen LogP contribution < -0.4 is 10.4 Å². The van der Waals surface area contributed by atoms with Crippen LogP contribution in [0.15, 0.2) is 34.6 Å². The summed E-state index contributed by atoms with van der Waals surface area (Å²) in [4.78, 5) is 21.2. The first-order chi connectivity index (χ1) is 8.47. The van der Waals surface area contributed by atoms with Crippen LogP contribution >= 0.6 is 0 Å². The lowest BCUT2D eigenvalue weighted by molar-refractivity contribution is -0.306. The van der Waals surface area contributed by atoms with Crippen molar-refractivity contribution in [1.82, 2.24) is 5.01 Å². The standard InChI is InChI=1S/C11H14N4O3/c1-8(16)12-9-4-3-5-10(6-9)13-14-15(2)7-11(17)18/h3-6H,7H2,1-2H3,(H,12,16)(H,17,18)/p-1. The van der Waals surface area contributed by atoms with Crippen molar-refractivity contribution < 1.29 is 14.7 Å². The summed E-state index contributed by atoms with van der Waals surface area (Å²) in [7, 11) is 1.47. The smallest absolute Gasteiger partial charge is 0.221 e. The highest BCUT2D eigenvalue weighted by atomic mass is 16.4. The molecule has 1 rings (SSSR count). The molecule has 0 saturated carbocycles. The lowest BCUT2D eigenvalue weighted by atomic mass is 10.3. The number of hydrogen-bond donors (Lipinski definition) is 1. The van der Waals surface area contributed by atoms with Crippen molar-refractivity contribution >= 4 is 23.3 Å². The number of carboxylic acid groups (broad SMARTS) is 1. The summed E-state index contributed by atoms with van der Waals surface area (Å²) in [5.41, 5.74) is 1.10. The van der Waals surface area contributed by atoms with Gasteiger partial charge in [-0.2, -0.15) is 0 Å². The first-order valence-corrected chi connectivity index (χ1v) is 5.17. The minimum atomic E-state index is -1.23. The maximum atomic E-state index is 10.9. The third-order valence-corrected chi connectivity index (χ3v) is 1.84. The number of nitrogens with zero attached hydrogens (tertiary/aromatic N) is 3. The molecule has 7 heteroatoms. The van der Waals surface area contributed by atoms with Gasteiger partial charge in [0.15, 0.2) is 0 Å². The molecule has 0 fully saturated rings. The van der Waals surface area contributed by atoms with Crippen LogP contribution in [-0.4, -0.2) is 30.5 Å². The SMILES string of the molecule is CC(=O)Nc1cccc(N=NN(C)CC(=O)[O-])c1. The van der Waals surface area contributed by atoms with E-state index in [1.165, 1.54) is 14.0 Å². The van der Waals surface area contributed by atoms with Crippen molar-refractivity contribution in [2.45, 2.75) is 6.92 Å². The molecule has 1 N–H and O–H groups in total. The average Bonchev–Trinajstić information content (AvgIpc) is 2.25. The van der Waals surface area contributed by atoms with Gasteiger partial charge in [-0.1, -0.05) is 11.3 Å². The number of hydrogen-bond acceptors (Lipinski definition) is 5. The van der Waals surface area contributed by atoms with E-state index in [9.17, 15) is 14.7 Å². The number of carbonyl (C=O) groups excluding carboxylic acids is 2. The molecule has 0 radical (unpaired) electrons. The highest BCUT2D eigenvalue weighted by molar-refractivity contribution is 5.89. The van der Waals surface area contributed by atoms with Gasteiger partial charge in [0.2, 0.25) is 5.91 Å². The predicted molar refractivity (Wildman–Crippen MR) is 62.9 cm³/mol. The van der Waals surface area contributed by atoms with Crippen LogP contribution in [0.1, 0.15) is 6.92 Å². The Hall–Kier alpha value is -2.44. The van der Waals surface area contributed by atoms with Gasteiger partial charge >= 0.3 is 0 Å². The van der Waals surface area contributed by atoms with E-state index >= 15 is 0 Å². The fourth-order valence-electron chi connectivity index (χ4n) is 1.20. The van der Waals surface area contributed by atoms with Crippen molar-refractivity contribution in [1.29, 1.82) is 0 Å². The number of nitrogens with one attached hydrogen (secondary N) is 1. The quantitative estimate of drug-likeness (QED) is 0.600. The number of likely N-dealkylation sites (N-methyl/N-ethyl adjacent to an activating group) is 1. The molecule has 0 saturated heterocycles. The van der Waals surface area contributed by atoms with Gasteiger partial charge in [0, 0.05) is 19.7 Å². The molecule has 0 spiro atoms. The molecule has 0 heterocycles. The molecule has 0 aliphatic rings. The second-order valence-electron chi connectivity index (χ2n) is 3.61. The van der Waals surface area contributed by atoms with Crippen molar-refractivity contribution in [2.24, 2.45) is 10.3 Å². The molecular formula is C11H13N4O3-. The van der Waals surface area contributed by atoms with Crippen LogP contribution in [0.3, 0.4) is 0 Å². The highest BCUT2D eigenvalue weighted by Gasteiger charge is 1.97. The third kappa shape index (κ3) is 5.06. The van der Waals surface area contributed by atoms with Gasteiger partial charge in [-0.05, 0) is 18.2 Å². The number of amides is 1. The Morgan fingerprint density at radius 2 is 2.17 bits per heavy atom. The van der Waals surface area contributed by atoms with Gasteiger partial charge < -0.3 is 15.2 Å². The fraction of sp³-hybridized carbons (Fsp3) is 0.273. The second kappa shape index (κ2) is 6.33. The molecule has 1 aromatic carbocycles. The molecule has 1 amide bonds. The molecule has 96 valence electrons. The Kier molecular flexibility index (Phi) is 4.79. The Labute approximate surface area is 104 Å². The van der Waals surface area contributed by atoms with Gasteiger partial charge in [-0.25, -0.2) is 0 Å². The number of carbonyl (C=O) groups is 2.